The number of benzene rings is 2. The first kappa shape index (κ1) is 13.4. The summed E-state index contributed by atoms with van der Waals surface area (Å²) < 4.78 is 0. The summed E-state index contributed by atoms with van der Waals surface area (Å²) in [7, 11) is 0.328. The minimum atomic E-state index is 0.315. The van der Waals surface area contributed by atoms with E-state index in [-0.39, 0.29) is 0 Å². The van der Waals surface area contributed by atoms with Crippen LogP contribution in [-0.4, -0.2) is 23.0 Å². The van der Waals surface area contributed by atoms with E-state index in [1.807, 2.05) is 36.4 Å². The maximum Gasteiger partial charge on any atom is 0.212 e. The number of carbonyl (C=O) groups is 1. The number of carbonyl (C=O) groups excluding carboxylic acids is 1. The molecule has 2 heteroatoms. The molecule has 1 aliphatic rings. The van der Waals surface area contributed by atoms with E-state index in [4.69, 9.17) is 0 Å². The molecule has 0 spiro atoms. The first-order valence-electron chi connectivity index (χ1n) is 7.16. The van der Waals surface area contributed by atoms with Gasteiger partial charge in [0.2, 0.25) is 5.78 Å². The molecule has 0 aliphatic carbocycles. The first-order valence-corrected chi connectivity index (χ1v) is 8.89. The van der Waals surface area contributed by atoms with E-state index in [9.17, 15) is 4.79 Å². The largest absolute Gasteiger partial charge is 0.289 e. The van der Waals surface area contributed by atoms with Gasteiger partial charge in [0, 0.05) is 5.56 Å². The van der Waals surface area contributed by atoms with E-state index in [0.29, 0.717) is 16.7 Å². The normalized spacial score (nSPS) is 15.4. The summed E-state index contributed by atoms with van der Waals surface area (Å²) >= 11 is 0. The summed E-state index contributed by atoms with van der Waals surface area (Å²) in [4.78, 5) is 12.6. The maximum absolute atomic E-state index is 12.6. The molecule has 0 atom stereocenters. The average molecular weight is 283 g/mol. The summed E-state index contributed by atoms with van der Waals surface area (Å²) in [5, 5.41) is 0. The Morgan fingerprint density at radius 2 is 1.55 bits per heavy atom. The quantitative estimate of drug-likeness (QED) is 0.613. The Bertz CT molecular complexity index is 585. The van der Waals surface area contributed by atoms with Gasteiger partial charge in [-0.2, -0.15) is 0 Å². The predicted molar refractivity (Wildman–Crippen MR) is 87.4 cm³/mol. The van der Waals surface area contributed by atoms with E-state index in [1.165, 1.54) is 24.3 Å². The Labute approximate surface area is 123 Å². The summed E-state index contributed by atoms with van der Waals surface area (Å²) in [6, 6.07) is 18.2. The molecular formula is C18H19OS+. The van der Waals surface area contributed by atoms with Crippen molar-refractivity contribution in [1.82, 2.24) is 0 Å². The highest BCUT2D eigenvalue weighted by atomic mass is 32.2. The fourth-order valence-corrected chi connectivity index (χ4v) is 4.96. The third kappa shape index (κ3) is 2.96. The van der Waals surface area contributed by atoms with Gasteiger partial charge in [-0.25, -0.2) is 0 Å². The van der Waals surface area contributed by atoms with Crippen molar-refractivity contribution in [2.24, 2.45) is 0 Å². The van der Waals surface area contributed by atoms with E-state index in [2.05, 4.69) is 18.2 Å². The lowest BCUT2D eigenvalue weighted by molar-refractivity contribution is 0.102. The van der Waals surface area contributed by atoms with Crippen molar-refractivity contribution < 1.29 is 4.79 Å². The van der Waals surface area contributed by atoms with Gasteiger partial charge in [-0.1, -0.05) is 54.6 Å². The zero-order chi connectivity index (χ0) is 13.8. The van der Waals surface area contributed by atoms with Gasteiger partial charge >= 0.3 is 0 Å². The summed E-state index contributed by atoms with van der Waals surface area (Å²) in [5.41, 5.74) is 3.09. The Kier molecular flexibility index (Phi) is 4.22. The van der Waals surface area contributed by atoms with Crippen molar-refractivity contribution in [3.8, 4) is 11.1 Å². The van der Waals surface area contributed by atoms with Crippen molar-refractivity contribution in [3.05, 3.63) is 60.2 Å². The molecule has 1 heterocycles. The van der Waals surface area contributed by atoms with Crippen LogP contribution in [0, 0.1) is 0 Å². The maximum atomic E-state index is 12.6. The van der Waals surface area contributed by atoms with E-state index in [0.717, 1.165) is 22.4 Å². The predicted octanol–water partition coefficient (Wildman–Crippen LogP) is 3.95. The standard InChI is InChI=1S/C18H19OS/c19-18(14-20-12-6-7-13-20)17-11-5-4-10-16(17)15-8-2-1-3-9-15/h1-5,8-11H,6-7,12-14H2/q+1. The Morgan fingerprint density at radius 3 is 2.30 bits per heavy atom. The third-order valence-corrected chi connectivity index (χ3v) is 6.17. The summed E-state index contributed by atoms with van der Waals surface area (Å²) in [6.07, 6.45) is 2.60. The monoisotopic (exact) mass is 283 g/mol. The van der Waals surface area contributed by atoms with Crippen LogP contribution in [0.5, 0.6) is 0 Å². The van der Waals surface area contributed by atoms with Crippen LogP contribution in [0.2, 0.25) is 0 Å². The highest BCUT2D eigenvalue weighted by molar-refractivity contribution is 7.97. The summed E-state index contributed by atoms with van der Waals surface area (Å²) in [5.74, 6) is 3.55. The van der Waals surface area contributed by atoms with Crippen molar-refractivity contribution in [2.45, 2.75) is 12.8 Å². The van der Waals surface area contributed by atoms with Gasteiger partial charge in [-0.05, 0) is 34.9 Å². The van der Waals surface area contributed by atoms with Gasteiger partial charge in [0.05, 0.1) is 0 Å². The average Bonchev–Trinajstić information content (AvgIpc) is 3.01. The summed E-state index contributed by atoms with van der Waals surface area (Å²) in [6.45, 7) is 0. The molecule has 20 heavy (non-hydrogen) atoms. The van der Waals surface area contributed by atoms with E-state index >= 15 is 0 Å². The van der Waals surface area contributed by atoms with Crippen LogP contribution in [0.25, 0.3) is 11.1 Å². The van der Waals surface area contributed by atoms with Gasteiger partial charge in [0.15, 0.2) is 5.75 Å². The second kappa shape index (κ2) is 6.27. The molecule has 3 rings (SSSR count). The molecule has 0 saturated carbocycles. The molecule has 1 aliphatic heterocycles. The molecule has 0 amide bonds. The van der Waals surface area contributed by atoms with E-state index in [1.54, 1.807) is 0 Å². The van der Waals surface area contributed by atoms with Crippen LogP contribution in [0.3, 0.4) is 0 Å². The molecule has 1 nitrogen and oxygen atoms in total. The Balaban J connectivity index is 1.87. The van der Waals surface area contributed by atoms with Gasteiger partial charge in [-0.3, -0.25) is 4.79 Å². The molecule has 2 aromatic carbocycles. The molecule has 0 N–H and O–H groups in total. The van der Waals surface area contributed by atoms with Crippen LogP contribution in [-0.2, 0) is 10.9 Å². The van der Waals surface area contributed by atoms with Crippen LogP contribution >= 0.6 is 0 Å². The second-order valence-electron chi connectivity index (χ2n) is 5.21. The molecule has 0 unspecified atom stereocenters. The second-order valence-corrected chi connectivity index (χ2v) is 7.54. The molecule has 0 bridgehead atoms. The lowest BCUT2D eigenvalue weighted by Gasteiger charge is -2.08. The number of hydrogen-bond donors (Lipinski definition) is 0. The van der Waals surface area contributed by atoms with Gasteiger partial charge in [0.1, 0.15) is 11.5 Å². The van der Waals surface area contributed by atoms with Crippen molar-refractivity contribution in [3.63, 3.8) is 0 Å². The SMILES string of the molecule is O=C(C[S+]1CCCC1)c1ccccc1-c1ccccc1. The van der Waals surface area contributed by atoms with E-state index < -0.39 is 0 Å². The number of hydrogen-bond acceptors (Lipinski definition) is 1. The van der Waals surface area contributed by atoms with Crippen molar-refractivity contribution in [2.75, 3.05) is 17.3 Å². The molecule has 1 saturated heterocycles. The van der Waals surface area contributed by atoms with Gasteiger partial charge in [-0.15, -0.1) is 0 Å². The van der Waals surface area contributed by atoms with Gasteiger partial charge in [0.25, 0.3) is 0 Å². The molecule has 2 aromatic rings. The zero-order valence-corrected chi connectivity index (χ0v) is 12.4. The Hall–Kier alpha value is -1.54. The minimum absolute atomic E-state index is 0.315. The fourth-order valence-electron chi connectivity index (χ4n) is 2.72. The topological polar surface area (TPSA) is 17.1 Å². The Morgan fingerprint density at radius 1 is 0.900 bits per heavy atom. The number of rotatable bonds is 4. The molecule has 0 aromatic heterocycles. The van der Waals surface area contributed by atoms with Crippen molar-refractivity contribution in [1.29, 1.82) is 0 Å². The lowest BCUT2D eigenvalue weighted by atomic mass is 9.98. The fraction of sp³-hybridized carbons (Fsp3) is 0.278. The van der Waals surface area contributed by atoms with Crippen LogP contribution in [0.4, 0.5) is 0 Å². The first-order chi connectivity index (χ1) is 9.84. The minimum Gasteiger partial charge on any atom is -0.289 e. The van der Waals surface area contributed by atoms with Crippen LogP contribution in [0.15, 0.2) is 54.6 Å². The highest BCUT2D eigenvalue weighted by Gasteiger charge is 2.28. The molecule has 1 fully saturated rings. The van der Waals surface area contributed by atoms with Crippen molar-refractivity contribution >= 4 is 16.7 Å². The molecule has 0 radical (unpaired) electrons. The third-order valence-electron chi connectivity index (χ3n) is 3.76. The molecule has 102 valence electrons. The van der Waals surface area contributed by atoms with Crippen LogP contribution in [0.1, 0.15) is 23.2 Å². The number of Topliss-reactive ketones (excluding diaryl/α,β-unsaturated/α-hetero) is 1. The lowest BCUT2D eigenvalue weighted by Crippen LogP contribution is -2.18. The van der Waals surface area contributed by atoms with Crippen LogP contribution < -0.4 is 0 Å². The molecular weight excluding hydrogens is 264 g/mol. The number of ketones is 1. The van der Waals surface area contributed by atoms with Gasteiger partial charge < -0.3 is 0 Å². The zero-order valence-electron chi connectivity index (χ0n) is 11.5. The smallest absolute Gasteiger partial charge is 0.212 e. The highest BCUT2D eigenvalue weighted by Crippen LogP contribution is 2.25.